The van der Waals surface area contributed by atoms with Gasteiger partial charge in [0.15, 0.2) is 5.52 Å². The number of pyridine rings is 1. The van der Waals surface area contributed by atoms with Crippen molar-refractivity contribution in [3.05, 3.63) is 64.7 Å². The van der Waals surface area contributed by atoms with Crippen molar-refractivity contribution in [2.24, 2.45) is 0 Å². The number of benzene rings is 1. The molecule has 0 aliphatic carbocycles. The van der Waals surface area contributed by atoms with Crippen LogP contribution in [0, 0.1) is 0 Å². The first-order valence-corrected chi connectivity index (χ1v) is 7.51. The second-order valence-electron chi connectivity index (χ2n) is 5.66. The molecular weight excluding hydrogens is 278 g/mol. The van der Waals surface area contributed by atoms with Crippen molar-refractivity contribution < 1.29 is 4.74 Å². The molecule has 5 heteroatoms. The first-order chi connectivity index (χ1) is 10.8. The summed E-state index contributed by atoms with van der Waals surface area (Å²) in [6.45, 7) is 2.00. The van der Waals surface area contributed by atoms with E-state index in [0.717, 1.165) is 18.4 Å². The summed E-state index contributed by atoms with van der Waals surface area (Å²) < 4.78 is 8.97. The van der Waals surface area contributed by atoms with Crippen LogP contribution in [0.4, 0.5) is 0 Å². The summed E-state index contributed by atoms with van der Waals surface area (Å²) in [4.78, 5) is 12.6. The first kappa shape index (κ1) is 13.3. The predicted molar refractivity (Wildman–Crippen MR) is 84.0 cm³/mol. The van der Waals surface area contributed by atoms with Gasteiger partial charge in [0.2, 0.25) is 0 Å². The van der Waals surface area contributed by atoms with Crippen molar-refractivity contribution in [2.45, 2.75) is 19.0 Å². The summed E-state index contributed by atoms with van der Waals surface area (Å²) in [6.07, 6.45) is 4.67. The fourth-order valence-corrected chi connectivity index (χ4v) is 2.96. The molecule has 1 saturated heterocycles. The van der Waals surface area contributed by atoms with Gasteiger partial charge in [-0.3, -0.25) is 9.48 Å². The highest BCUT2D eigenvalue weighted by molar-refractivity contribution is 5.76. The lowest BCUT2D eigenvalue weighted by Crippen LogP contribution is -2.24. The SMILES string of the molecule is O=c1c2nn(Cc3ccccc3)cc2ccn1[C@H]1CCOC1. The van der Waals surface area contributed by atoms with Crippen LogP contribution in [0.15, 0.2) is 53.6 Å². The Morgan fingerprint density at radius 3 is 2.86 bits per heavy atom. The van der Waals surface area contributed by atoms with Gasteiger partial charge in [0.1, 0.15) is 0 Å². The fraction of sp³-hybridized carbons (Fsp3) is 0.294. The molecule has 1 aliphatic heterocycles. The highest BCUT2D eigenvalue weighted by atomic mass is 16.5. The van der Waals surface area contributed by atoms with E-state index in [9.17, 15) is 4.79 Å². The highest BCUT2D eigenvalue weighted by Crippen LogP contribution is 2.18. The van der Waals surface area contributed by atoms with Gasteiger partial charge in [-0.1, -0.05) is 30.3 Å². The van der Waals surface area contributed by atoms with Gasteiger partial charge >= 0.3 is 0 Å². The molecule has 1 atom stereocenters. The van der Waals surface area contributed by atoms with E-state index in [-0.39, 0.29) is 11.6 Å². The molecule has 0 spiro atoms. The Bertz CT molecular complexity index is 845. The van der Waals surface area contributed by atoms with E-state index in [1.165, 1.54) is 5.56 Å². The summed E-state index contributed by atoms with van der Waals surface area (Å²) in [5, 5.41) is 5.37. The van der Waals surface area contributed by atoms with Crippen LogP contribution in [0.1, 0.15) is 18.0 Å². The third kappa shape index (κ3) is 2.33. The van der Waals surface area contributed by atoms with Gasteiger partial charge in [-0.05, 0) is 18.1 Å². The molecule has 0 unspecified atom stereocenters. The van der Waals surface area contributed by atoms with Crippen LogP contribution in [-0.2, 0) is 11.3 Å². The van der Waals surface area contributed by atoms with Crippen LogP contribution in [0.5, 0.6) is 0 Å². The Balaban J connectivity index is 1.71. The van der Waals surface area contributed by atoms with E-state index >= 15 is 0 Å². The molecule has 5 nitrogen and oxygen atoms in total. The molecule has 3 heterocycles. The molecule has 1 fully saturated rings. The van der Waals surface area contributed by atoms with E-state index in [1.807, 2.05) is 41.3 Å². The Hall–Kier alpha value is -2.40. The lowest BCUT2D eigenvalue weighted by Gasteiger charge is -2.10. The fourth-order valence-electron chi connectivity index (χ4n) is 2.96. The quantitative estimate of drug-likeness (QED) is 0.744. The molecule has 0 saturated carbocycles. The maximum absolute atomic E-state index is 12.6. The van der Waals surface area contributed by atoms with Gasteiger partial charge in [-0.25, -0.2) is 0 Å². The van der Waals surface area contributed by atoms with Crippen molar-refractivity contribution in [1.29, 1.82) is 0 Å². The highest BCUT2D eigenvalue weighted by Gasteiger charge is 2.20. The molecule has 112 valence electrons. The molecule has 0 radical (unpaired) electrons. The maximum Gasteiger partial charge on any atom is 0.279 e. The molecule has 3 aromatic rings. The van der Waals surface area contributed by atoms with Crippen molar-refractivity contribution in [2.75, 3.05) is 13.2 Å². The summed E-state index contributed by atoms with van der Waals surface area (Å²) >= 11 is 0. The lowest BCUT2D eigenvalue weighted by molar-refractivity contribution is 0.186. The van der Waals surface area contributed by atoms with Gasteiger partial charge in [0.25, 0.3) is 5.56 Å². The molecule has 0 bridgehead atoms. The normalized spacial score (nSPS) is 18.1. The summed E-state index contributed by atoms with van der Waals surface area (Å²) in [6, 6.07) is 12.2. The van der Waals surface area contributed by atoms with Crippen LogP contribution in [0.25, 0.3) is 10.9 Å². The number of hydrogen-bond donors (Lipinski definition) is 0. The van der Waals surface area contributed by atoms with Gasteiger partial charge in [-0.2, -0.15) is 5.10 Å². The van der Waals surface area contributed by atoms with Crippen molar-refractivity contribution in [3.63, 3.8) is 0 Å². The van der Waals surface area contributed by atoms with Crippen molar-refractivity contribution in [1.82, 2.24) is 14.3 Å². The molecule has 2 aromatic heterocycles. The number of fused-ring (bicyclic) bond motifs is 1. The zero-order valence-corrected chi connectivity index (χ0v) is 12.2. The van der Waals surface area contributed by atoms with Gasteiger partial charge < -0.3 is 9.30 Å². The smallest absolute Gasteiger partial charge is 0.279 e. The second kappa shape index (κ2) is 5.42. The number of nitrogens with zero attached hydrogens (tertiary/aromatic N) is 3. The van der Waals surface area contributed by atoms with Gasteiger partial charge in [0, 0.05) is 24.4 Å². The third-order valence-corrected chi connectivity index (χ3v) is 4.13. The summed E-state index contributed by atoms with van der Waals surface area (Å²) in [5.41, 5.74) is 1.67. The molecule has 4 rings (SSSR count). The van der Waals surface area contributed by atoms with E-state index in [1.54, 1.807) is 4.57 Å². The minimum atomic E-state index is -0.0280. The molecular formula is C17H17N3O2. The Kier molecular flexibility index (Phi) is 3.27. The van der Waals surface area contributed by atoms with Crippen molar-refractivity contribution in [3.8, 4) is 0 Å². The van der Waals surface area contributed by atoms with E-state index in [2.05, 4.69) is 17.2 Å². The molecule has 22 heavy (non-hydrogen) atoms. The molecule has 1 aliphatic rings. The first-order valence-electron chi connectivity index (χ1n) is 7.51. The van der Waals surface area contributed by atoms with Gasteiger partial charge in [-0.15, -0.1) is 0 Å². The molecule has 1 aromatic carbocycles. The number of aromatic nitrogens is 3. The third-order valence-electron chi connectivity index (χ3n) is 4.13. The minimum Gasteiger partial charge on any atom is -0.379 e. The zero-order chi connectivity index (χ0) is 14.9. The minimum absolute atomic E-state index is 0.0280. The monoisotopic (exact) mass is 295 g/mol. The van der Waals surface area contributed by atoms with Crippen LogP contribution in [0.2, 0.25) is 0 Å². The second-order valence-corrected chi connectivity index (χ2v) is 5.66. The van der Waals surface area contributed by atoms with Crippen LogP contribution in [0.3, 0.4) is 0 Å². The number of hydrogen-bond acceptors (Lipinski definition) is 3. The molecule has 0 amide bonds. The Morgan fingerprint density at radius 2 is 2.09 bits per heavy atom. The zero-order valence-electron chi connectivity index (χ0n) is 12.2. The lowest BCUT2D eigenvalue weighted by atomic mass is 10.2. The predicted octanol–water partition coefficient (Wildman–Crippen LogP) is 2.21. The maximum atomic E-state index is 12.6. The van der Waals surface area contributed by atoms with E-state index < -0.39 is 0 Å². The molecule has 0 N–H and O–H groups in total. The van der Waals surface area contributed by atoms with Gasteiger partial charge in [0.05, 0.1) is 19.2 Å². The van der Waals surface area contributed by atoms with E-state index in [4.69, 9.17) is 4.74 Å². The average molecular weight is 295 g/mol. The van der Waals surface area contributed by atoms with Crippen LogP contribution in [-0.4, -0.2) is 27.6 Å². The Labute approximate surface area is 127 Å². The summed E-state index contributed by atoms with van der Waals surface area (Å²) in [7, 11) is 0. The van der Waals surface area contributed by atoms with Crippen LogP contribution >= 0.6 is 0 Å². The van der Waals surface area contributed by atoms with E-state index in [0.29, 0.717) is 18.7 Å². The average Bonchev–Trinajstić information content (AvgIpc) is 3.18. The number of rotatable bonds is 3. The standard InChI is InChI=1S/C17H17N3O2/c21-17-16-14(6-8-20(17)15-7-9-22-12-15)11-19(18-16)10-13-4-2-1-3-5-13/h1-6,8,11,15H,7,9-10,12H2/t15-/m0/s1. The number of ether oxygens (including phenoxy) is 1. The van der Waals surface area contributed by atoms with Crippen LogP contribution < -0.4 is 5.56 Å². The topological polar surface area (TPSA) is 49.0 Å². The largest absolute Gasteiger partial charge is 0.379 e. The van der Waals surface area contributed by atoms with Crippen molar-refractivity contribution >= 4 is 10.9 Å². The Morgan fingerprint density at radius 1 is 1.23 bits per heavy atom. The summed E-state index contributed by atoms with van der Waals surface area (Å²) in [5.74, 6) is 0.